The van der Waals surface area contributed by atoms with Gasteiger partial charge in [0.05, 0.1) is 13.2 Å². The van der Waals surface area contributed by atoms with Crippen molar-refractivity contribution in [3.8, 4) is 5.75 Å². The third-order valence-corrected chi connectivity index (χ3v) is 2.97. The molecule has 0 radical (unpaired) electrons. The average Bonchev–Trinajstić information content (AvgIpc) is 2.61. The molecule has 0 bridgehead atoms. The Kier molecular flexibility index (Phi) is 7.49. The molecule has 1 N–H and O–H groups in total. The maximum absolute atomic E-state index is 11.5. The van der Waals surface area contributed by atoms with Crippen LogP contribution in [-0.4, -0.2) is 32.5 Å². The van der Waals surface area contributed by atoms with Crippen LogP contribution in [0.3, 0.4) is 0 Å². The highest BCUT2D eigenvalue weighted by atomic mass is 16.5. The van der Waals surface area contributed by atoms with Crippen LogP contribution in [0.2, 0.25) is 0 Å². The summed E-state index contributed by atoms with van der Waals surface area (Å²) in [6.07, 6.45) is -0.446. The van der Waals surface area contributed by atoms with E-state index in [9.17, 15) is 4.79 Å². The number of amides is 1. The Morgan fingerprint density at radius 1 is 0.870 bits per heavy atom. The first-order valence-electron chi connectivity index (χ1n) is 7.55. The third-order valence-electron chi connectivity index (χ3n) is 2.97. The molecular weight excluding hydrogens is 294 g/mol. The fourth-order valence-corrected chi connectivity index (χ4v) is 1.84. The number of carbonyl (C=O) groups excluding carboxylic acids is 1. The first-order chi connectivity index (χ1) is 11.3. The van der Waals surface area contributed by atoms with Crippen molar-refractivity contribution in [3.05, 3.63) is 66.2 Å². The van der Waals surface area contributed by atoms with Gasteiger partial charge in [0.1, 0.15) is 19.0 Å². The molecule has 1 amide bonds. The lowest BCUT2D eigenvalue weighted by molar-refractivity contribution is 0.0966. The molecular formula is C18H21NO4. The van der Waals surface area contributed by atoms with Gasteiger partial charge in [-0.1, -0.05) is 48.5 Å². The quantitative estimate of drug-likeness (QED) is 0.723. The molecule has 0 fully saturated rings. The average molecular weight is 315 g/mol. The van der Waals surface area contributed by atoms with Crippen molar-refractivity contribution in [2.45, 2.75) is 6.61 Å². The molecule has 0 aromatic heterocycles. The van der Waals surface area contributed by atoms with Crippen molar-refractivity contribution in [3.63, 3.8) is 0 Å². The van der Waals surface area contributed by atoms with E-state index in [1.165, 1.54) is 0 Å². The molecule has 0 aliphatic carbocycles. The van der Waals surface area contributed by atoms with E-state index >= 15 is 0 Å². The van der Waals surface area contributed by atoms with Gasteiger partial charge in [-0.15, -0.1) is 0 Å². The van der Waals surface area contributed by atoms with E-state index in [1.807, 2.05) is 60.7 Å². The highest BCUT2D eigenvalue weighted by Crippen LogP contribution is 2.07. The number of ether oxygens (including phenoxy) is 3. The Hall–Kier alpha value is -2.53. The van der Waals surface area contributed by atoms with Crippen molar-refractivity contribution in [2.24, 2.45) is 0 Å². The lowest BCUT2D eigenvalue weighted by Gasteiger charge is -2.08. The van der Waals surface area contributed by atoms with Gasteiger partial charge in [0.25, 0.3) is 0 Å². The molecule has 0 aliphatic rings. The molecule has 122 valence electrons. The van der Waals surface area contributed by atoms with Crippen LogP contribution in [0.25, 0.3) is 0 Å². The first-order valence-corrected chi connectivity index (χ1v) is 7.55. The molecule has 2 rings (SSSR count). The molecule has 0 unspecified atom stereocenters. The molecule has 0 spiro atoms. The minimum absolute atomic E-state index is 0.262. The van der Waals surface area contributed by atoms with E-state index in [4.69, 9.17) is 14.2 Å². The molecule has 0 atom stereocenters. The Balaban J connectivity index is 1.45. The Bertz CT molecular complexity index is 560. The van der Waals surface area contributed by atoms with Gasteiger partial charge >= 0.3 is 6.09 Å². The predicted octanol–water partition coefficient (Wildman–Crippen LogP) is 3.01. The molecule has 2 aromatic carbocycles. The topological polar surface area (TPSA) is 56.8 Å². The van der Waals surface area contributed by atoms with Crippen molar-refractivity contribution >= 4 is 6.09 Å². The molecule has 2 aromatic rings. The SMILES string of the molecule is O=C(NCCOCCOc1ccccc1)OCc1ccccc1. The van der Waals surface area contributed by atoms with Gasteiger partial charge in [0, 0.05) is 6.54 Å². The minimum Gasteiger partial charge on any atom is -0.491 e. The number of nitrogens with one attached hydrogen (secondary N) is 1. The van der Waals surface area contributed by atoms with Crippen molar-refractivity contribution in [2.75, 3.05) is 26.4 Å². The summed E-state index contributed by atoms with van der Waals surface area (Å²) in [5.41, 5.74) is 0.956. The summed E-state index contributed by atoms with van der Waals surface area (Å²) in [6.45, 7) is 2.02. The molecule has 0 saturated heterocycles. The van der Waals surface area contributed by atoms with E-state index in [2.05, 4.69) is 5.32 Å². The normalized spacial score (nSPS) is 10.1. The van der Waals surface area contributed by atoms with Crippen LogP contribution in [0.15, 0.2) is 60.7 Å². The summed E-state index contributed by atoms with van der Waals surface area (Å²) >= 11 is 0. The van der Waals surface area contributed by atoms with E-state index in [-0.39, 0.29) is 6.61 Å². The maximum atomic E-state index is 11.5. The monoisotopic (exact) mass is 315 g/mol. The number of carbonyl (C=O) groups is 1. The summed E-state index contributed by atoms with van der Waals surface area (Å²) in [4.78, 5) is 11.5. The van der Waals surface area contributed by atoms with E-state index in [0.29, 0.717) is 26.4 Å². The molecule has 23 heavy (non-hydrogen) atoms. The Labute approximate surface area is 136 Å². The smallest absolute Gasteiger partial charge is 0.407 e. The molecule has 0 heterocycles. The highest BCUT2D eigenvalue weighted by Gasteiger charge is 2.01. The van der Waals surface area contributed by atoms with Crippen LogP contribution in [0.5, 0.6) is 5.75 Å². The van der Waals surface area contributed by atoms with Crippen LogP contribution in [0.1, 0.15) is 5.56 Å². The van der Waals surface area contributed by atoms with Crippen LogP contribution in [-0.2, 0) is 16.1 Å². The predicted molar refractivity (Wildman–Crippen MR) is 87.4 cm³/mol. The van der Waals surface area contributed by atoms with Gasteiger partial charge in [-0.2, -0.15) is 0 Å². The molecule has 0 aliphatic heterocycles. The van der Waals surface area contributed by atoms with Gasteiger partial charge in [-0.05, 0) is 17.7 Å². The fraction of sp³-hybridized carbons (Fsp3) is 0.278. The van der Waals surface area contributed by atoms with E-state index < -0.39 is 6.09 Å². The largest absolute Gasteiger partial charge is 0.491 e. The summed E-state index contributed by atoms with van der Waals surface area (Å²) in [5.74, 6) is 0.818. The van der Waals surface area contributed by atoms with E-state index in [1.54, 1.807) is 0 Å². The third kappa shape index (κ3) is 7.33. The Morgan fingerprint density at radius 2 is 1.57 bits per heavy atom. The van der Waals surface area contributed by atoms with Gasteiger partial charge in [0.2, 0.25) is 0 Å². The number of alkyl carbamates (subject to hydrolysis) is 1. The Morgan fingerprint density at radius 3 is 2.30 bits per heavy atom. The zero-order valence-electron chi connectivity index (χ0n) is 12.9. The minimum atomic E-state index is -0.446. The van der Waals surface area contributed by atoms with Crippen LogP contribution < -0.4 is 10.1 Å². The molecule has 5 heteroatoms. The van der Waals surface area contributed by atoms with Gasteiger partial charge < -0.3 is 19.5 Å². The number of rotatable bonds is 9. The fourth-order valence-electron chi connectivity index (χ4n) is 1.84. The second-order valence-electron chi connectivity index (χ2n) is 4.76. The van der Waals surface area contributed by atoms with Gasteiger partial charge in [-0.3, -0.25) is 0 Å². The molecule has 0 saturated carbocycles. The standard InChI is InChI=1S/C18H21NO4/c20-18(23-15-16-7-3-1-4-8-16)19-11-12-21-13-14-22-17-9-5-2-6-10-17/h1-10H,11-15H2,(H,19,20). The maximum Gasteiger partial charge on any atom is 0.407 e. The zero-order chi connectivity index (χ0) is 16.2. The number of benzene rings is 2. The summed E-state index contributed by atoms with van der Waals surface area (Å²) in [5, 5.41) is 2.63. The molecule has 5 nitrogen and oxygen atoms in total. The lowest BCUT2D eigenvalue weighted by atomic mass is 10.2. The van der Waals surface area contributed by atoms with E-state index in [0.717, 1.165) is 11.3 Å². The van der Waals surface area contributed by atoms with Gasteiger partial charge in [-0.25, -0.2) is 4.79 Å². The second kappa shape index (κ2) is 10.2. The highest BCUT2D eigenvalue weighted by molar-refractivity contribution is 5.67. The van der Waals surface area contributed by atoms with Crippen molar-refractivity contribution in [1.29, 1.82) is 0 Å². The number of para-hydroxylation sites is 1. The zero-order valence-corrected chi connectivity index (χ0v) is 12.9. The van der Waals surface area contributed by atoms with Crippen molar-refractivity contribution < 1.29 is 19.0 Å². The van der Waals surface area contributed by atoms with Crippen LogP contribution in [0, 0.1) is 0 Å². The van der Waals surface area contributed by atoms with Crippen LogP contribution in [0.4, 0.5) is 4.79 Å². The number of hydrogen-bond acceptors (Lipinski definition) is 4. The van der Waals surface area contributed by atoms with Gasteiger partial charge in [0.15, 0.2) is 0 Å². The lowest BCUT2D eigenvalue weighted by Crippen LogP contribution is -2.28. The summed E-state index contributed by atoms with van der Waals surface area (Å²) in [6, 6.07) is 19.1. The summed E-state index contributed by atoms with van der Waals surface area (Å²) in [7, 11) is 0. The number of hydrogen-bond donors (Lipinski definition) is 1. The van der Waals surface area contributed by atoms with Crippen molar-refractivity contribution in [1.82, 2.24) is 5.32 Å². The summed E-state index contributed by atoms with van der Waals surface area (Å²) < 4.78 is 15.9. The van der Waals surface area contributed by atoms with Crippen LogP contribution >= 0.6 is 0 Å². The second-order valence-corrected chi connectivity index (χ2v) is 4.76. The first kappa shape index (κ1) is 16.8.